The van der Waals surface area contributed by atoms with Crippen LogP contribution in [0.5, 0.6) is 11.5 Å². The average Bonchev–Trinajstić information content (AvgIpc) is 1.51. The number of para-hydroxylation sites is 2. The van der Waals surface area contributed by atoms with E-state index in [9.17, 15) is 30.0 Å². The number of esters is 4. The third-order valence-electron chi connectivity index (χ3n) is 29.8. The molecule has 10 aliphatic heterocycles. The van der Waals surface area contributed by atoms with Crippen LogP contribution in [0.25, 0.3) is 21.8 Å². The van der Waals surface area contributed by atoms with Gasteiger partial charge in [0.15, 0.2) is 5.60 Å². The van der Waals surface area contributed by atoms with Gasteiger partial charge in [0, 0.05) is 189 Å². The lowest BCUT2D eigenvalue weighted by atomic mass is 9.47. The second kappa shape index (κ2) is 30.2. The number of hydrogen-bond acceptors (Lipinski definition) is 21. The van der Waals surface area contributed by atoms with Crippen molar-refractivity contribution in [1.82, 2.24) is 29.6 Å². The maximum Gasteiger partial charge on any atom is 0.322 e. The number of aliphatic hydroxyl groups excluding tert-OH is 3. The maximum atomic E-state index is 15.3. The number of anilines is 2. The summed E-state index contributed by atoms with van der Waals surface area (Å²) in [6.07, 6.45) is 17.9. The molecule has 4 bridgehead atoms. The molecule has 12 aliphatic rings. The minimum Gasteiger partial charge on any atom is -0.496 e. The number of aliphatic hydroxyl groups is 5. The molecular weight excluding hydrogens is 1460 g/mol. The largest absolute Gasteiger partial charge is 0.496 e. The summed E-state index contributed by atoms with van der Waals surface area (Å²) in [5, 5.41) is 58.7. The Morgan fingerprint density at radius 2 is 1.02 bits per heavy atom. The van der Waals surface area contributed by atoms with E-state index in [0.29, 0.717) is 55.7 Å². The summed E-state index contributed by atoms with van der Waals surface area (Å²) in [7, 11) is 11.2. The minimum absolute atomic E-state index is 0. The van der Waals surface area contributed by atoms with Gasteiger partial charge >= 0.3 is 23.9 Å². The molecule has 0 radical (unpaired) electrons. The van der Waals surface area contributed by atoms with Gasteiger partial charge in [-0.1, -0.05) is 119 Å². The molecule has 18 atom stereocenters. The van der Waals surface area contributed by atoms with Crippen molar-refractivity contribution in [2.75, 3.05) is 138 Å². The predicted octanol–water partition coefficient (Wildman–Crippen LogP) is 9.48. The van der Waals surface area contributed by atoms with E-state index in [1.165, 1.54) is 39.2 Å². The highest BCUT2D eigenvalue weighted by Gasteiger charge is 2.80. The number of fused-ring (bicyclic) bond motifs is 12. The third-order valence-corrected chi connectivity index (χ3v) is 29.8. The Balaban J connectivity index is 0.000000177. The fourth-order valence-corrected chi connectivity index (χ4v) is 25.8. The van der Waals surface area contributed by atoms with Gasteiger partial charge in [0.25, 0.3) is 0 Å². The highest BCUT2D eigenvalue weighted by Crippen LogP contribution is 2.71. The van der Waals surface area contributed by atoms with E-state index in [2.05, 4.69) is 152 Å². The van der Waals surface area contributed by atoms with Crippen molar-refractivity contribution in [2.45, 2.75) is 182 Å². The van der Waals surface area contributed by atoms with Crippen LogP contribution < -0.4 is 19.3 Å². The lowest BCUT2D eigenvalue weighted by Crippen LogP contribution is -2.80. The van der Waals surface area contributed by atoms with Gasteiger partial charge in [0.2, 0.25) is 0 Å². The molecule has 12 heterocycles. The van der Waals surface area contributed by atoms with Crippen molar-refractivity contribution in [2.24, 2.45) is 22.7 Å². The van der Waals surface area contributed by atoms with Crippen LogP contribution >= 0.6 is 0 Å². The number of carbonyl (C=O) groups is 4. The first-order valence-electron chi connectivity index (χ1n) is 41.3. The summed E-state index contributed by atoms with van der Waals surface area (Å²) in [4.78, 5) is 77.8. The van der Waals surface area contributed by atoms with Gasteiger partial charge in [-0.05, 0) is 136 Å². The van der Waals surface area contributed by atoms with E-state index in [1.807, 2.05) is 38.4 Å². The monoisotopic (exact) mass is 1580 g/mol. The zero-order chi connectivity index (χ0) is 80.7. The lowest BCUT2D eigenvalue weighted by molar-refractivity contribution is -0.232. The van der Waals surface area contributed by atoms with Crippen molar-refractivity contribution < 1.29 is 73.1 Å². The van der Waals surface area contributed by atoms with Gasteiger partial charge in [-0.25, -0.2) is 0 Å². The van der Waals surface area contributed by atoms with E-state index in [0.717, 1.165) is 171 Å². The van der Waals surface area contributed by atoms with Crippen LogP contribution in [0.4, 0.5) is 11.4 Å². The molecule has 6 aromatic rings. The first-order valence-corrected chi connectivity index (χ1v) is 41.3. The average molecular weight is 1580 g/mol. The number of nitrogens with one attached hydrogen (secondary N) is 2. The SMILES string of the molecule is C.CCC1=C[C@@H]2CN(CCc3c([nH]c4ccccc34)[C@@](C(=O)OC)(c3cc4c(cc3OC)N(C)[C@H]3[C@@](O)(CO)[C@H](O)[C@]5(CC)C=CCN6CC[C@]43C65)C2)C1.CCC1=C[C@@H]2CN(CCc3c([nH]c4ccccc34)[C@@](C(=O)OC)(c3cc4c(cc3OC)N(C)[C@H]3[C@@](O)(COC(C)=O)[C@H](OC(C)=O)[C@]5(CC)C=CCN6CC[C@]43C65)C2)C1.CO. The number of ether oxygens (including phenoxy) is 6. The Kier molecular flexibility index (Phi) is 21.5. The van der Waals surface area contributed by atoms with Crippen LogP contribution in [0.2, 0.25) is 0 Å². The number of methoxy groups -OCH3 is 4. The number of nitrogens with zero attached hydrogens (tertiary/aromatic N) is 6. The molecule has 2 aliphatic carbocycles. The van der Waals surface area contributed by atoms with Crippen LogP contribution in [0.15, 0.2) is 120 Å². The summed E-state index contributed by atoms with van der Waals surface area (Å²) in [6, 6.07) is 23.4. The van der Waals surface area contributed by atoms with Crippen LogP contribution in [-0.4, -0.2) is 255 Å². The summed E-state index contributed by atoms with van der Waals surface area (Å²) < 4.78 is 36.7. The van der Waals surface area contributed by atoms with Crippen molar-refractivity contribution >= 4 is 57.1 Å². The Labute approximate surface area is 676 Å². The molecular formula is C92H120N8O15. The van der Waals surface area contributed by atoms with Gasteiger partial charge in [-0.3, -0.25) is 38.8 Å². The smallest absolute Gasteiger partial charge is 0.322 e. The number of benzene rings is 4. The Bertz CT molecular complexity index is 4930. The second-order valence-electron chi connectivity index (χ2n) is 34.7. The molecule has 18 rings (SSSR count). The van der Waals surface area contributed by atoms with Gasteiger partial charge < -0.3 is 73.7 Å². The Morgan fingerprint density at radius 3 is 1.43 bits per heavy atom. The number of aromatic nitrogens is 2. The molecule has 7 N–H and O–H groups in total. The fourth-order valence-electron chi connectivity index (χ4n) is 25.8. The minimum atomic E-state index is -1.84. The highest BCUT2D eigenvalue weighted by atomic mass is 16.6. The van der Waals surface area contributed by atoms with Crippen LogP contribution in [0, 0.1) is 22.7 Å². The maximum absolute atomic E-state index is 15.3. The standard InChI is InChI=1S/C47H58N4O8.C43H54N4O6.CH4O.CH4/c1-8-30-21-31-24-46(43(54)57-7,39-33(15-19-50(25-30)26-31)32-13-10-11-14-36(32)48-39)35-22-34-37(23-38(35)56-6)49(5)41-45(34)17-20-51-18-12-16-44(9-2,40(45)51)42(59-29(4)53)47(41,55)27-58-28(3)52;1-6-26-19-27-22-42(39(50)53-5,35-29(13-17-46(23-26)24-27)28-11-8-9-12-32(28)44-35)31-20-30-33(21-34(31)52-4)45(3)37-41(30)15-18-47-16-10-14-40(7-2,36(41)47)38(49)43(37,51)25-48;1-2;/h10-14,16,21-23,31,40-42,48,55H,8-9,15,17-20,24-27H2,1-7H3;8-12,14,19-21,27,36-38,44,48-49,51H,6-7,13,15-18,22-25H2,1-5H3;2H,1H3;1H4/t31-,40?,41+,42+,44+,45+,46-,47-;27-,36?,37+,38+,40+,41+,42-,43-;;/m00../s1. The van der Waals surface area contributed by atoms with Crippen LogP contribution in [0.3, 0.4) is 0 Å². The van der Waals surface area contributed by atoms with Gasteiger partial charge in [-0.2, -0.15) is 0 Å². The number of carbonyl (C=O) groups excluding carboxylic acids is 4. The molecule has 0 amide bonds. The summed E-state index contributed by atoms with van der Waals surface area (Å²) in [6.45, 7) is 18.5. The molecule has 4 aromatic carbocycles. The first kappa shape index (κ1) is 81.8. The second-order valence-corrected chi connectivity index (χ2v) is 34.7. The molecule has 4 unspecified atom stereocenters. The molecule has 4 fully saturated rings. The lowest BCUT2D eigenvalue weighted by Gasteiger charge is -2.64. The van der Waals surface area contributed by atoms with Crippen molar-refractivity contribution in [3.05, 3.63) is 165 Å². The molecule has 618 valence electrons. The molecule has 2 spiro atoms. The van der Waals surface area contributed by atoms with Crippen molar-refractivity contribution in [1.29, 1.82) is 0 Å². The molecule has 23 heteroatoms. The quantitative estimate of drug-likeness (QED) is 0.0304. The van der Waals surface area contributed by atoms with Crippen LogP contribution in [-0.2, 0) is 72.6 Å². The first-order chi connectivity index (χ1) is 54.9. The number of rotatable bonds is 14. The van der Waals surface area contributed by atoms with Crippen molar-refractivity contribution in [3.63, 3.8) is 0 Å². The zero-order valence-electron chi connectivity index (χ0n) is 68.6. The van der Waals surface area contributed by atoms with E-state index >= 15 is 9.59 Å². The molecule has 115 heavy (non-hydrogen) atoms. The fraction of sp³-hybridized carbons (Fsp3) is 0.565. The molecule has 2 saturated heterocycles. The summed E-state index contributed by atoms with van der Waals surface area (Å²) >= 11 is 0. The molecule has 2 saturated carbocycles. The third kappa shape index (κ3) is 11.5. The van der Waals surface area contributed by atoms with E-state index in [4.69, 9.17) is 33.5 Å². The van der Waals surface area contributed by atoms with Gasteiger partial charge in [-0.15, -0.1) is 0 Å². The topological polar surface area (TPSA) is 276 Å². The van der Waals surface area contributed by atoms with E-state index in [1.54, 1.807) is 14.2 Å². The predicted molar refractivity (Wildman–Crippen MR) is 443 cm³/mol. The van der Waals surface area contributed by atoms with Crippen LogP contribution in [0.1, 0.15) is 145 Å². The number of hydrogen-bond donors (Lipinski definition) is 7. The van der Waals surface area contributed by atoms with E-state index in [-0.39, 0.29) is 49.9 Å². The molecule has 2 aromatic heterocycles. The Hall–Kier alpha value is -8.36. The van der Waals surface area contributed by atoms with Crippen molar-refractivity contribution in [3.8, 4) is 11.5 Å². The summed E-state index contributed by atoms with van der Waals surface area (Å²) in [5.74, 6) is -0.539. The molecule has 23 nitrogen and oxygen atoms in total. The highest BCUT2D eigenvalue weighted by molar-refractivity contribution is 5.96. The van der Waals surface area contributed by atoms with Gasteiger partial charge in [0.05, 0.1) is 53.2 Å². The Morgan fingerprint density at radius 1 is 0.574 bits per heavy atom. The van der Waals surface area contributed by atoms with Gasteiger partial charge in [0.1, 0.15) is 40.6 Å². The number of likely N-dealkylation sites (N-methyl/N-ethyl adjacent to an activating group) is 2. The summed E-state index contributed by atoms with van der Waals surface area (Å²) in [5.41, 5.74) is 4.49. The zero-order valence-corrected chi connectivity index (χ0v) is 68.6. The number of H-pyrrole nitrogens is 2. The van der Waals surface area contributed by atoms with E-state index < -0.39 is 86.5 Å². The normalized spacial score (nSPS) is 34.8. The number of aromatic amines is 2.